The van der Waals surface area contributed by atoms with Crippen molar-refractivity contribution in [1.82, 2.24) is 5.32 Å². The van der Waals surface area contributed by atoms with Crippen LogP contribution in [0.5, 0.6) is 0 Å². The molecule has 0 bridgehead atoms. The number of anilines is 2. The lowest BCUT2D eigenvalue weighted by atomic mass is 9.95. The minimum Gasteiger partial charge on any atom is -0.382 e. The highest BCUT2D eigenvalue weighted by atomic mass is 79.9. The van der Waals surface area contributed by atoms with Crippen molar-refractivity contribution in [3.8, 4) is 0 Å². The Morgan fingerprint density at radius 3 is 2.21 bits per heavy atom. The van der Waals surface area contributed by atoms with E-state index in [-0.39, 0.29) is 18.2 Å². The van der Waals surface area contributed by atoms with E-state index in [2.05, 4.69) is 31.9 Å². The maximum absolute atomic E-state index is 12.1. The molecule has 28 heavy (non-hydrogen) atoms. The number of amides is 2. The van der Waals surface area contributed by atoms with E-state index in [4.69, 9.17) is 0 Å². The van der Waals surface area contributed by atoms with E-state index >= 15 is 0 Å². The topological polar surface area (TPSA) is 70.2 Å². The average Bonchev–Trinajstić information content (AvgIpc) is 2.71. The van der Waals surface area contributed by atoms with E-state index in [1.54, 1.807) is 12.1 Å². The second kappa shape index (κ2) is 10.3. The van der Waals surface area contributed by atoms with Gasteiger partial charge in [-0.3, -0.25) is 9.59 Å². The fourth-order valence-corrected chi connectivity index (χ4v) is 3.61. The third-order valence-corrected chi connectivity index (χ3v) is 5.42. The Labute approximate surface area is 174 Å². The number of nitrogens with one attached hydrogen (secondary N) is 3. The molecule has 2 aromatic carbocycles. The molecule has 0 heterocycles. The number of halogens is 1. The zero-order valence-electron chi connectivity index (χ0n) is 15.8. The summed E-state index contributed by atoms with van der Waals surface area (Å²) < 4.78 is 0.920. The van der Waals surface area contributed by atoms with Crippen LogP contribution in [0.15, 0.2) is 53.0 Å². The second-order valence-corrected chi connectivity index (χ2v) is 8.03. The predicted molar refractivity (Wildman–Crippen MR) is 117 cm³/mol. The zero-order valence-corrected chi connectivity index (χ0v) is 17.4. The summed E-state index contributed by atoms with van der Waals surface area (Å²) in [5.41, 5.74) is 2.43. The van der Waals surface area contributed by atoms with Crippen molar-refractivity contribution >= 4 is 39.1 Å². The molecule has 3 rings (SSSR count). The Morgan fingerprint density at radius 1 is 0.893 bits per heavy atom. The number of hydrogen-bond acceptors (Lipinski definition) is 3. The zero-order chi connectivity index (χ0) is 19.8. The van der Waals surface area contributed by atoms with Crippen molar-refractivity contribution in [2.45, 2.75) is 44.6 Å². The summed E-state index contributed by atoms with van der Waals surface area (Å²) in [5.74, 6) is -0.303. The summed E-state index contributed by atoms with van der Waals surface area (Å²) in [6.07, 6.45) is 6.61. The molecule has 1 fully saturated rings. The molecule has 1 aliphatic rings. The molecule has 0 aliphatic heterocycles. The van der Waals surface area contributed by atoms with Crippen LogP contribution in [-0.2, 0) is 4.79 Å². The van der Waals surface area contributed by atoms with Gasteiger partial charge in [0.2, 0.25) is 5.91 Å². The average molecular weight is 444 g/mol. The molecule has 0 radical (unpaired) electrons. The van der Waals surface area contributed by atoms with E-state index in [0.717, 1.165) is 15.8 Å². The summed E-state index contributed by atoms with van der Waals surface area (Å²) in [7, 11) is 0. The molecule has 0 spiro atoms. The normalized spacial score (nSPS) is 14.3. The van der Waals surface area contributed by atoms with Crippen LogP contribution >= 0.6 is 15.9 Å². The Hall–Kier alpha value is -2.34. The van der Waals surface area contributed by atoms with Crippen molar-refractivity contribution < 1.29 is 9.59 Å². The lowest BCUT2D eigenvalue weighted by Gasteiger charge is -2.23. The first-order chi connectivity index (χ1) is 13.6. The van der Waals surface area contributed by atoms with Gasteiger partial charge in [0.1, 0.15) is 0 Å². The van der Waals surface area contributed by atoms with Gasteiger partial charge in [-0.2, -0.15) is 0 Å². The fourth-order valence-electron chi connectivity index (χ4n) is 3.35. The van der Waals surface area contributed by atoms with Crippen molar-refractivity contribution in [2.24, 2.45) is 0 Å². The maximum atomic E-state index is 12.1. The number of carbonyl (C=O) groups is 2. The van der Waals surface area contributed by atoms with Crippen molar-refractivity contribution in [3.05, 3.63) is 58.6 Å². The van der Waals surface area contributed by atoms with Gasteiger partial charge in [0, 0.05) is 40.4 Å². The van der Waals surface area contributed by atoms with Crippen LogP contribution in [-0.4, -0.2) is 24.4 Å². The van der Waals surface area contributed by atoms with Crippen LogP contribution in [0, 0.1) is 0 Å². The molecule has 2 amide bonds. The van der Waals surface area contributed by atoms with Crippen molar-refractivity contribution in [2.75, 3.05) is 17.2 Å². The smallest absolute Gasteiger partial charge is 0.251 e. The molecular weight excluding hydrogens is 418 g/mol. The summed E-state index contributed by atoms with van der Waals surface area (Å²) in [5, 5.41) is 9.20. The molecule has 0 aromatic heterocycles. The van der Waals surface area contributed by atoms with Gasteiger partial charge < -0.3 is 16.0 Å². The highest BCUT2D eigenvalue weighted by Gasteiger charge is 2.13. The number of carbonyl (C=O) groups excluding carboxylic acids is 2. The molecule has 3 N–H and O–H groups in total. The summed E-state index contributed by atoms with van der Waals surface area (Å²) in [6, 6.07) is 15.5. The van der Waals surface area contributed by atoms with E-state index < -0.39 is 0 Å². The highest BCUT2D eigenvalue weighted by molar-refractivity contribution is 9.10. The molecule has 1 aliphatic carbocycles. The summed E-state index contributed by atoms with van der Waals surface area (Å²) in [4.78, 5) is 24.1. The second-order valence-electron chi connectivity index (χ2n) is 7.12. The van der Waals surface area contributed by atoms with Crippen LogP contribution in [0.4, 0.5) is 11.4 Å². The third kappa shape index (κ3) is 6.37. The van der Waals surface area contributed by atoms with E-state index in [0.29, 0.717) is 18.2 Å². The van der Waals surface area contributed by atoms with Crippen LogP contribution in [0.1, 0.15) is 48.9 Å². The molecule has 0 saturated heterocycles. The van der Waals surface area contributed by atoms with Crippen molar-refractivity contribution in [3.63, 3.8) is 0 Å². The molecule has 1 saturated carbocycles. The third-order valence-electron chi connectivity index (χ3n) is 4.89. The Kier molecular flexibility index (Phi) is 7.48. The van der Waals surface area contributed by atoms with Gasteiger partial charge in [0.25, 0.3) is 5.91 Å². The van der Waals surface area contributed by atoms with Gasteiger partial charge in [-0.05, 0) is 61.4 Å². The summed E-state index contributed by atoms with van der Waals surface area (Å²) in [6.45, 7) is 0.294. The Morgan fingerprint density at radius 2 is 1.54 bits per heavy atom. The molecule has 0 atom stereocenters. The summed E-state index contributed by atoms with van der Waals surface area (Å²) >= 11 is 3.34. The first-order valence-corrected chi connectivity index (χ1v) is 10.6. The maximum Gasteiger partial charge on any atom is 0.251 e. The van der Waals surface area contributed by atoms with Gasteiger partial charge in [0.15, 0.2) is 0 Å². The largest absolute Gasteiger partial charge is 0.382 e. The van der Waals surface area contributed by atoms with Crippen LogP contribution < -0.4 is 16.0 Å². The fraction of sp³-hybridized carbons (Fsp3) is 0.364. The number of hydrogen-bond donors (Lipinski definition) is 3. The van der Waals surface area contributed by atoms with E-state index in [9.17, 15) is 9.59 Å². The molecular formula is C22H26BrN3O2. The molecule has 0 unspecified atom stereocenters. The molecule has 2 aromatic rings. The van der Waals surface area contributed by atoms with Gasteiger partial charge in [-0.25, -0.2) is 0 Å². The monoisotopic (exact) mass is 443 g/mol. The molecule has 148 valence electrons. The Bertz CT molecular complexity index is 784. The van der Waals surface area contributed by atoms with E-state index in [1.165, 1.54) is 32.1 Å². The molecule has 6 heteroatoms. The van der Waals surface area contributed by atoms with Crippen LogP contribution in [0.2, 0.25) is 0 Å². The van der Waals surface area contributed by atoms with Gasteiger partial charge in [0.05, 0.1) is 0 Å². The number of benzene rings is 2. The van der Waals surface area contributed by atoms with E-state index in [1.807, 2.05) is 36.4 Å². The van der Waals surface area contributed by atoms with Gasteiger partial charge in [-0.15, -0.1) is 0 Å². The lowest BCUT2D eigenvalue weighted by Crippen LogP contribution is -2.27. The quantitative estimate of drug-likeness (QED) is 0.566. The minimum absolute atomic E-state index is 0.121. The number of rotatable bonds is 7. The minimum atomic E-state index is -0.182. The first kappa shape index (κ1) is 20.4. The van der Waals surface area contributed by atoms with Crippen LogP contribution in [0.25, 0.3) is 0 Å². The standard InChI is InChI=1S/C22H26BrN3O2/c23-17-8-6-16(7-9-17)22(28)24-15-14-21(27)26-20-12-10-19(11-13-20)25-18-4-2-1-3-5-18/h6-13,18,25H,1-5,14-15H2,(H,24,28)(H,26,27). The predicted octanol–water partition coefficient (Wildman–Crippen LogP) is 4.95. The highest BCUT2D eigenvalue weighted by Crippen LogP contribution is 2.22. The van der Waals surface area contributed by atoms with Gasteiger partial charge in [-0.1, -0.05) is 35.2 Å². The lowest BCUT2D eigenvalue weighted by molar-refractivity contribution is -0.116. The molecule has 5 nitrogen and oxygen atoms in total. The SMILES string of the molecule is O=C(CCNC(=O)c1ccc(Br)cc1)Nc1ccc(NC2CCCCC2)cc1. The van der Waals surface area contributed by atoms with Gasteiger partial charge >= 0.3 is 0 Å². The first-order valence-electron chi connectivity index (χ1n) is 9.80. The Balaban J connectivity index is 1.39. The van der Waals surface area contributed by atoms with Crippen molar-refractivity contribution in [1.29, 1.82) is 0 Å². The van der Waals surface area contributed by atoms with Crippen LogP contribution in [0.3, 0.4) is 0 Å².